The van der Waals surface area contributed by atoms with E-state index in [4.69, 9.17) is 16.3 Å². The monoisotopic (exact) mass is 577 g/mol. The summed E-state index contributed by atoms with van der Waals surface area (Å²) in [5.74, 6) is 0.574. The minimum absolute atomic E-state index is 0.0499. The highest BCUT2D eigenvalue weighted by atomic mass is 35.5. The number of aryl methyl sites for hydroxylation is 1. The fraction of sp³-hybridized carbons (Fsp3) is 0.500. The van der Waals surface area contributed by atoms with Gasteiger partial charge in [-0.05, 0) is 62.2 Å². The van der Waals surface area contributed by atoms with Crippen LogP contribution in [0.2, 0.25) is 5.02 Å². The molecule has 39 heavy (non-hydrogen) atoms. The molecule has 1 saturated heterocycles. The van der Waals surface area contributed by atoms with Crippen molar-refractivity contribution in [2.45, 2.75) is 56.6 Å². The topological polar surface area (TPSA) is 123 Å². The molecule has 1 aliphatic heterocycles. The Morgan fingerprint density at radius 2 is 1.92 bits per heavy atom. The Balaban J connectivity index is 1.43. The molecule has 210 valence electrons. The normalized spacial score (nSPS) is 16.5. The van der Waals surface area contributed by atoms with Crippen LogP contribution in [0.15, 0.2) is 29.6 Å². The van der Waals surface area contributed by atoms with E-state index in [0.717, 1.165) is 38.8 Å². The zero-order valence-electron chi connectivity index (χ0n) is 22.2. The van der Waals surface area contributed by atoms with Crippen molar-refractivity contribution < 1.29 is 17.5 Å². The van der Waals surface area contributed by atoms with Gasteiger partial charge in [0.05, 0.1) is 29.4 Å². The van der Waals surface area contributed by atoms with Crippen LogP contribution in [0.25, 0.3) is 0 Å². The maximum Gasteiger partial charge on any atom is 0.229 e. The van der Waals surface area contributed by atoms with Gasteiger partial charge in [-0.25, -0.2) is 17.8 Å². The summed E-state index contributed by atoms with van der Waals surface area (Å²) in [7, 11) is -2.01. The molecule has 1 aliphatic carbocycles. The number of hydrogen-bond donors (Lipinski definition) is 3. The second kappa shape index (κ2) is 11.3. The molecule has 2 aliphatic rings. The molecule has 1 aromatic carbocycles. The number of nitrogens with zero attached hydrogens (tertiary/aromatic N) is 4. The number of nitrogens with one attached hydrogen (secondary N) is 3. The Morgan fingerprint density at radius 3 is 2.62 bits per heavy atom. The van der Waals surface area contributed by atoms with E-state index < -0.39 is 9.84 Å². The van der Waals surface area contributed by atoms with Crippen molar-refractivity contribution in [1.82, 2.24) is 25.1 Å². The van der Waals surface area contributed by atoms with Crippen molar-refractivity contribution in [2.75, 3.05) is 29.5 Å². The van der Waals surface area contributed by atoms with Crippen LogP contribution in [0.4, 0.5) is 27.5 Å². The van der Waals surface area contributed by atoms with E-state index in [-0.39, 0.29) is 57.0 Å². The molecule has 2 aromatic heterocycles. The van der Waals surface area contributed by atoms with Gasteiger partial charge in [0.25, 0.3) is 0 Å². The summed E-state index contributed by atoms with van der Waals surface area (Å²) in [5.41, 5.74) is 1.32. The van der Waals surface area contributed by atoms with Crippen molar-refractivity contribution in [3.63, 3.8) is 0 Å². The molecule has 3 N–H and O–H groups in total. The van der Waals surface area contributed by atoms with Crippen LogP contribution in [-0.4, -0.2) is 53.1 Å². The van der Waals surface area contributed by atoms with Crippen molar-refractivity contribution in [3.8, 4) is 5.75 Å². The first-order chi connectivity index (χ1) is 18.6. The smallest absolute Gasteiger partial charge is 0.229 e. The second-order valence-corrected chi connectivity index (χ2v) is 12.9. The molecule has 1 saturated carbocycles. The molecule has 0 amide bonds. The zero-order valence-corrected chi connectivity index (χ0v) is 23.7. The predicted molar refractivity (Wildman–Crippen MR) is 149 cm³/mol. The highest BCUT2D eigenvalue weighted by Crippen LogP contribution is 2.39. The van der Waals surface area contributed by atoms with Crippen LogP contribution in [0.3, 0.4) is 0 Å². The third-order valence-electron chi connectivity index (χ3n) is 6.58. The van der Waals surface area contributed by atoms with E-state index in [1.54, 1.807) is 19.3 Å². The second-order valence-electron chi connectivity index (χ2n) is 10.5. The average Bonchev–Trinajstić information content (AvgIpc) is 3.61. The molecule has 0 bridgehead atoms. The van der Waals surface area contributed by atoms with E-state index >= 15 is 4.39 Å². The van der Waals surface area contributed by atoms with E-state index in [1.807, 2.05) is 13.8 Å². The Morgan fingerprint density at radius 1 is 1.18 bits per heavy atom. The molecule has 3 heterocycles. The third kappa shape index (κ3) is 6.62. The molecular formula is C26H33ClFN7O3S. The molecule has 0 atom stereocenters. The summed E-state index contributed by atoms with van der Waals surface area (Å²) in [4.78, 5) is 8.70. The minimum Gasteiger partial charge on any atom is -0.488 e. The van der Waals surface area contributed by atoms with Crippen molar-refractivity contribution in [3.05, 3.63) is 40.9 Å². The van der Waals surface area contributed by atoms with Gasteiger partial charge in [0, 0.05) is 19.3 Å². The Bertz CT molecular complexity index is 1450. The lowest BCUT2D eigenvalue weighted by Gasteiger charge is -2.24. The molecule has 5 rings (SSSR count). The third-order valence-corrected chi connectivity index (χ3v) is 8.85. The van der Waals surface area contributed by atoms with Gasteiger partial charge < -0.3 is 20.7 Å². The van der Waals surface area contributed by atoms with Crippen molar-refractivity contribution in [2.24, 2.45) is 13.0 Å². The van der Waals surface area contributed by atoms with Gasteiger partial charge >= 0.3 is 0 Å². The number of hydrogen-bond acceptors (Lipinski definition) is 9. The maximum absolute atomic E-state index is 15.3. The van der Waals surface area contributed by atoms with Gasteiger partial charge in [-0.2, -0.15) is 10.1 Å². The highest BCUT2D eigenvalue weighted by Gasteiger charge is 2.28. The van der Waals surface area contributed by atoms with Crippen LogP contribution in [0, 0.1) is 11.7 Å². The number of piperidine rings is 1. The van der Waals surface area contributed by atoms with E-state index in [1.165, 1.54) is 16.9 Å². The van der Waals surface area contributed by atoms with Gasteiger partial charge in [-0.3, -0.25) is 4.68 Å². The maximum atomic E-state index is 15.3. The summed E-state index contributed by atoms with van der Waals surface area (Å²) in [6.45, 7) is 5.37. The number of aromatic nitrogens is 4. The van der Waals surface area contributed by atoms with Crippen LogP contribution >= 0.6 is 11.6 Å². The Kier molecular flexibility index (Phi) is 7.97. The largest absolute Gasteiger partial charge is 0.488 e. The van der Waals surface area contributed by atoms with Crippen molar-refractivity contribution >= 4 is 44.6 Å². The number of rotatable bonds is 10. The van der Waals surface area contributed by atoms with Crippen LogP contribution in [0.5, 0.6) is 5.75 Å². The summed E-state index contributed by atoms with van der Waals surface area (Å²) >= 11 is 6.37. The number of halogens is 2. The molecule has 0 spiro atoms. The Hall–Kier alpha value is -2.96. The van der Waals surface area contributed by atoms with Crippen LogP contribution < -0.4 is 20.7 Å². The van der Waals surface area contributed by atoms with E-state index in [9.17, 15) is 8.42 Å². The fourth-order valence-electron chi connectivity index (χ4n) is 4.64. The van der Waals surface area contributed by atoms with Gasteiger partial charge in [0.2, 0.25) is 11.0 Å². The first kappa shape index (κ1) is 27.6. The van der Waals surface area contributed by atoms with E-state index in [2.05, 4.69) is 31.0 Å². The Labute approximate surface area is 232 Å². The summed E-state index contributed by atoms with van der Waals surface area (Å²) < 4.78 is 48.7. The van der Waals surface area contributed by atoms with E-state index in [0.29, 0.717) is 17.0 Å². The number of sulfone groups is 1. The highest BCUT2D eigenvalue weighted by molar-refractivity contribution is 7.91. The molecule has 0 radical (unpaired) electrons. The van der Waals surface area contributed by atoms with Crippen LogP contribution in [-0.2, 0) is 16.9 Å². The molecule has 0 unspecified atom stereocenters. The fourth-order valence-corrected chi connectivity index (χ4v) is 6.51. The quantitative estimate of drug-likeness (QED) is 0.308. The summed E-state index contributed by atoms with van der Waals surface area (Å²) in [5, 5.41) is 13.6. The molecule has 13 heteroatoms. The van der Waals surface area contributed by atoms with Crippen molar-refractivity contribution in [1.29, 1.82) is 0 Å². The molecule has 3 aromatic rings. The zero-order chi connectivity index (χ0) is 27.7. The first-order valence-corrected chi connectivity index (χ1v) is 15.2. The lowest BCUT2D eigenvalue weighted by atomic mass is 9.89. The lowest BCUT2D eigenvalue weighted by Crippen LogP contribution is -2.27. The van der Waals surface area contributed by atoms with Gasteiger partial charge in [-0.1, -0.05) is 25.4 Å². The lowest BCUT2D eigenvalue weighted by molar-refractivity contribution is 0.303. The molecular weight excluding hydrogens is 545 g/mol. The summed E-state index contributed by atoms with van der Waals surface area (Å²) in [6, 6.07) is 3.22. The predicted octanol–water partition coefficient (Wildman–Crippen LogP) is 4.93. The molecule has 2 fully saturated rings. The van der Waals surface area contributed by atoms with Gasteiger partial charge in [0.15, 0.2) is 15.7 Å². The summed E-state index contributed by atoms with van der Waals surface area (Å²) in [6.07, 6.45) is 6.69. The van der Waals surface area contributed by atoms with Crippen LogP contribution in [0.1, 0.15) is 51.0 Å². The minimum atomic E-state index is -3.65. The number of anilines is 4. The SMILES string of the molecule is CC(C)CS(=O)(=O)c1nn(C)cc1Nc1nc(Nc2cc(F)c(C3CCNCC3)cc2OC2CC2)ncc1Cl. The first-order valence-electron chi connectivity index (χ1n) is 13.1. The molecule has 10 nitrogen and oxygen atoms in total. The van der Waals surface area contributed by atoms with Gasteiger partial charge in [-0.15, -0.1) is 0 Å². The van der Waals surface area contributed by atoms with Gasteiger partial charge in [0.1, 0.15) is 16.6 Å². The standard InChI is InChI=1S/C26H33ClFN7O3S/c1-15(2)14-39(36,37)25-22(13-35(3)34-25)31-24-19(27)12-30-26(33-24)32-21-11-20(28)18(16-6-8-29-9-7-16)10-23(21)38-17-4-5-17/h10-13,15-17,29H,4-9,14H2,1-3H3,(H2,30,31,32,33). The number of benzene rings is 1. The number of ether oxygens (including phenoxy) is 1. The average molecular weight is 578 g/mol.